The van der Waals surface area contributed by atoms with E-state index in [9.17, 15) is 9.18 Å². The molecule has 0 fully saturated rings. The first-order chi connectivity index (χ1) is 8.11. The van der Waals surface area contributed by atoms with Crippen LogP contribution >= 0.6 is 11.6 Å². The molecule has 0 saturated carbocycles. The third-order valence-corrected chi connectivity index (χ3v) is 2.84. The van der Waals surface area contributed by atoms with Crippen LogP contribution in [0.25, 0.3) is 11.1 Å². The van der Waals surface area contributed by atoms with E-state index in [-0.39, 0.29) is 5.82 Å². The van der Waals surface area contributed by atoms with Crippen LogP contribution in [0, 0.1) is 12.7 Å². The van der Waals surface area contributed by atoms with Gasteiger partial charge in [0.1, 0.15) is 12.1 Å². The van der Waals surface area contributed by atoms with Crippen LogP contribution in [-0.2, 0) is 0 Å². The molecular formula is C14H10ClFO. The average molecular weight is 249 g/mol. The summed E-state index contributed by atoms with van der Waals surface area (Å²) in [6.45, 7) is 1.84. The zero-order chi connectivity index (χ0) is 12.4. The van der Waals surface area contributed by atoms with Crippen molar-refractivity contribution in [3.63, 3.8) is 0 Å². The monoisotopic (exact) mass is 248 g/mol. The van der Waals surface area contributed by atoms with E-state index in [0.717, 1.165) is 17.4 Å². The van der Waals surface area contributed by atoms with Crippen LogP contribution in [0.3, 0.4) is 0 Å². The molecule has 0 aromatic heterocycles. The SMILES string of the molecule is Cc1cc(C=O)ccc1-c1cc(Cl)ccc1F. The maximum Gasteiger partial charge on any atom is 0.150 e. The Balaban J connectivity index is 2.60. The fraction of sp³-hybridized carbons (Fsp3) is 0.0714. The molecule has 0 unspecified atom stereocenters. The van der Waals surface area contributed by atoms with Gasteiger partial charge in [0.25, 0.3) is 0 Å². The zero-order valence-electron chi connectivity index (χ0n) is 9.21. The second kappa shape index (κ2) is 4.68. The molecule has 2 rings (SSSR count). The van der Waals surface area contributed by atoms with E-state index in [0.29, 0.717) is 16.1 Å². The summed E-state index contributed by atoms with van der Waals surface area (Å²) in [7, 11) is 0. The Morgan fingerprint density at radius 3 is 2.53 bits per heavy atom. The molecule has 0 heterocycles. The third-order valence-electron chi connectivity index (χ3n) is 2.61. The van der Waals surface area contributed by atoms with Crippen LogP contribution in [0.2, 0.25) is 5.02 Å². The van der Waals surface area contributed by atoms with E-state index in [1.165, 1.54) is 12.1 Å². The van der Waals surface area contributed by atoms with E-state index < -0.39 is 0 Å². The first kappa shape index (κ1) is 11.8. The number of aldehydes is 1. The van der Waals surface area contributed by atoms with Crippen molar-refractivity contribution in [2.24, 2.45) is 0 Å². The Labute approximate surface area is 104 Å². The van der Waals surface area contributed by atoms with Gasteiger partial charge >= 0.3 is 0 Å². The molecule has 2 aromatic carbocycles. The summed E-state index contributed by atoms with van der Waals surface area (Å²) in [4.78, 5) is 10.6. The number of rotatable bonds is 2. The quantitative estimate of drug-likeness (QED) is 0.726. The Hall–Kier alpha value is -1.67. The second-order valence-electron chi connectivity index (χ2n) is 3.82. The van der Waals surface area contributed by atoms with Gasteiger partial charge in [0.05, 0.1) is 0 Å². The zero-order valence-corrected chi connectivity index (χ0v) is 9.96. The molecular weight excluding hydrogens is 239 g/mol. The molecule has 0 aliphatic carbocycles. The number of aryl methyl sites for hydroxylation is 1. The standard InChI is InChI=1S/C14H10ClFO/c1-9-6-10(8-17)2-4-12(9)13-7-11(15)3-5-14(13)16/h2-8H,1H3. The summed E-state index contributed by atoms with van der Waals surface area (Å²) < 4.78 is 13.7. The second-order valence-corrected chi connectivity index (χ2v) is 4.25. The minimum Gasteiger partial charge on any atom is -0.298 e. The number of carbonyl (C=O) groups excluding carboxylic acids is 1. The fourth-order valence-electron chi connectivity index (χ4n) is 1.77. The molecule has 17 heavy (non-hydrogen) atoms. The summed E-state index contributed by atoms with van der Waals surface area (Å²) >= 11 is 5.85. The van der Waals surface area contributed by atoms with Crippen LogP contribution in [0.5, 0.6) is 0 Å². The molecule has 2 aromatic rings. The van der Waals surface area contributed by atoms with Gasteiger partial charge in [0, 0.05) is 16.1 Å². The lowest BCUT2D eigenvalue weighted by Gasteiger charge is -2.08. The van der Waals surface area contributed by atoms with Gasteiger partial charge in [-0.15, -0.1) is 0 Å². The number of hydrogen-bond donors (Lipinski definition) is 0. The molecule has 0 N–H and O–H groups in total. The van der Waals surface area contributed by atoms with Crippen molar-refractivity contribution in [2.45, 2.75) is 6.92 Å². The summed E-state index contributed by atoms with van der Waals surface area (Å²) in [6.07, 6.45) is 0.769. The van der Waals surface area contributed by atoms with Crippen molar-refractivity contribution in [3.05, 3.63) is 58.4 Å². The molecule has 0 saturated heterocycles. The molecule has 0 aliphatic rings. The van der Waals surface area contributed by atoms with E-state index in [1.807, 2.05) is 6.92 Å². The summed E-state index contributed by atoms with van der Waals surface area (Å²) in [5, 5.41) is 0.486. The van der Waals surface area contributed by atoms with Gasteiger partial charge in [0.2, 0.25) is 0 Å². The normalized spacial score (nSPS) is 10.3. The molecule has 0 radical (unpaired) electrons. The van der Waals surface area contributed by atoms with E-state index in [2.05, 4.69) is 0 Å². The van der Waals surface area contributed by atoms with Gasteiger partial charge in [-0.3, -0.25) is 4.79 Å². The maximum absolute atomic E-state index is 13.7. The Morgan fingerprint density at radius 1 is 1.12 bits per heavy atom. The predicted molar refractivity (Wildman–Crippen MR) is 67.0 cm³/mol. The number of benzene rings is 2. The van der Waals surface area contributed by atoms with Gasteiger partial charge < -0.3 is 0 Å². The molecule has 1 nitrogen and oxygen atoms in total. The van der Waals surface area contributed by atoms with Crippen molar-refractivity contribution < 1.29 is 9.18 Å². The maximum atomic E-state index is 13.7. The Kier molecular flexibility index (Phi) is 3.25. The van der Waals surface area contributed by atoms with Crippen molar-refractivity contribution >= 4 is 17.9 Å². The lowest BCUT2D eigenvalue weighted by Crippen LogP contribution is -1.90. The molecule has 3 heteroatoms. The highest BCUT2D eigenvalue weighted by Crippen LogP contribution is 2.28. The topological polar surface area (TPSA) is 17.1 Å². The van der Waals surface area contributed by atoms with E-state index in [1.54, 1.807) is 24.3 Å². The summed E-state index contributed by atoms with van der Waals surface area (Å²) in [6, 6.07) is 9.55. The van der Waals surface area contributed by atoms with Crippen LogP contribution in [0.4, 0.5) is 4.39 Å². The molecule has 86 valence electrons. The first-order valence-corrected chi connectivity index (χ1v) is 5.51. The lowest BCUT2D eigenvalue weighted by molar-refractivity contribution is 0.112. The van der Waals surface area contributed by atoms with E-state index >= 15 is 0 Å². The van der Waals surface area contributed by atoms with Crippen LogP contribution in [0.15, 0.2) is 36.4 Å². The highest BCUT2D eigenvalue weighted by molar-refractivity contribution is 6.30. The van der Waals surface area contributed by atoms with Crippen LogP contribution < -0.4 is 0 Å². The smallest absolute Gasteiger partial charge is 0.150 e. The fourth-order valence-corrected chi connectivity index (χ4v) is 1.94. The van der Waals surface area contributed by atoms with Gasteiger partial charge in [-0.2, -0.15) is 0 Å². The number of halogens is 2. The van der Waals surface area contributed by atoms with Gasteiger partial charge in [0.15, 0.2) is 0 Å². The highest BCUT2D eigenvalue weighted by atomic mass is 35.5. The van der Waals surface area contributed by atoms with Crippen LogP contribution in [0.1, 0.15) is 15.9 Å². The lowest BCUT2D eigenvalue weighted by atomic mass is 9.98. The van der Waals surface area contributed by atoms with Crippen molar-refractivity contribution in [1.29, 1.82) is 0 Å². The molecule has 0 aliphatic heterocycles. The van der Waals surface area contributed by atoms with Gasteiger partial charge in [-0.05, 0) is 42.3 Å². The number of carbonyl (C=O) groups is 1. The minimum absolute atomic E-state index is 0.323. The summed E-state index contributed by atoms with van der Waals surface area (Å²) in [5.74, 6) is -0.323. The first-order valence-electron chi connectivity index (χ1n) is 5.13. The number of hydrogen-bond acceptors (Lipinski definition) is 1. The third kappa shape index (κ3) is 2.37. The Morgan fingerprint density at radius 2 is 1.88 bits per heavy atom. The largest absolute Gasteiger partial charge is 0.298 e. The predicted octanol–water partition coefficient (Wildman–Crippen LogP) is 4.27. The van der Waals surface area contributed by atoms with Crippen molar-refractivity contribution in [2.75, 3.05) is 0 Å². The molecule has 0 amide bonds. The van der Waals surface area contributed by atoms with Gasteiger partial charge in [-0.1, -0.05) is 23.7 Å². The molecule has 0 atom stereocenters. The Bertz CT molecular complexity index is 578. The van der Waals surface area contributed by atoms with Crippen molar-refractivity contribution in [1.82, 2.24) is 0 Å². The average Bonchev–Trinajstić information content (AvgIpc) is 2.32. The summed E-state index contributed by atoms with van der Waals surface area (Å²) in [5.41, 5.74) is 2.62. The minimum atomic E-state index is -0.323. The highest BCUT2D eigenvalue weighted by Gasteiger charge is 2.08. The van der Waals surface area contributed by atoms with Crippen molar-refractivity contribution in [3.8, 4) is 11.1 Å². The molecule has 0 bridgehead atoms. The molecule has 0 spiro atoms. The van der Waals surface area contributed by atoms with Crippen LogP contribution in [-0.4, -0.2) is 6.29 Å². The van der Waals surface area contributed by atoms with Gasteiger partial charge in [-0.25, -0.2) is 4.39 Å². The van der Waals surface area contributed by atoms with E-state index in [4.69, 9.17) is 11.6 Å².